The first-order chi connectivity index (χ1) is 9.35. The number of amides is 1. The molecule has 0 radical (unpaired) electrons. The van der Waals surface area contributed by atoms with Crippen molar-refractivity contribution < 1.29 is 13.2 Å². The van der Waals surface area contributed by atoms with Gasteiger partial charge in [0.05, 0.1) is 12.3 Å². The number of nitrogens with one attached hydrogen (secondary N) is 2. The van der Waals surface area contributed by atoms with Crippen molar-refractivity contribution >= 4 is 21.6 Å². The number of sulfonamides is 1. The maximum atomic E-state index is 11.9. The lowest BCUT2D eigenvalue weighted by Gasteiger charge is -2.26. The molecule has 1 atom stereocenters. The molecular formula is C14H20N2O3S. The second-order valence-corrected chi connectivity index (χ2v) is 7.11. The van der Waals surface area contributed by atoms with Gasteiger partial charge in [-0.05, 0) is 37.5 Å². The molecule has 0 saturated heterocycles. The molecule has 0 unspecified atom stereocenters. The van der Waals surface area contributed by atoms with E-state index in [4.69, 9.17) is 0 Å². The summed E-state index contributed by atoms with van der Waals surface area (Å²) in [5.74, 6) is 0.236. The molecule has 0 heterocycles. The van der Waals surface area contributed by atoms with Crippen molar-refractivity contribution in [3.63, 3.8) is 0 Å². The molecule has 1 saturated carbocycles. The van der Waals surface area contributed by atoms with Gasteiger partial charge in [0, 0.05) is 11.6 Å². The number of carbonyl (C=O) groups excluding carboxylic acids is 1. The SMILES string of the molecule is C[C@H](NC(=O)C1CCC1)c1cccc(NS(C)(=O)=O)c1. The molecule has 2 rings (SSSR count). The highest BCUT2D eigenvalue weighted by Crippen LogP contribution is 2.27. The monoisotopic (exact) mass is 296 g/mol. The molecule has 6 heteroatoms. The van der Waals surface area contributed by atoms with E-state index in [-0.39, 0.29) is 17.9 Å². The Kier molecular flexibility index (Phi) is 4.32. The number of rotatable bonds is 5. The van der Waals surface area contributed by atoms with Crippen molar-refractivity contribution in [3.8, 4) is 0 Å². The van der Waals surface area contributed by atoms with E-state index in [1.807, 2.05) is 13.0 Å². The van der Waals surface area contributed by atoms with Crippen LogP contribution in [0.2, 0.25) is 0 Å². The zero-order valence-corrected chi connectivity index (χ0v) is 12.5. The Morgan fingerprint density at radius 2 is 2.05 bits per heavy atom. The number of hydrogen-bond acceptors (Lipinski definition) is 3. The predicted octanol–water partition coefficient (Wildman–Crippen LogP) is 2.04. The zero-order chi connectivity index (χ0) is 14.8. The van der Waals surface area contributed by atoms with Gasteiger partial charge in [0.1, 0.15) is 0 Å². The Morgan fingerprint density at radius 3 is 2.60 bits per heavy atom. The second-order valence-electron chi connectivity index (χ2n) is 5.36. The van der Waals surface area contributed by atoms with Crippen molar-refractivity contribution in [1.29, 1.82) is 0 Å². The van der Waals surface area contributed by atoms with Gasteiger partial charge in [0.2, 0.25) is 15.9 Å². The topological polar surface area (TPSA) is 75.3 Å². The maximum Gasteiger partial charge on any atom is 0.229 e. The summed E-state index contributed by atoms with van der Waals surface area (Å²) in [5.41, 5.74) is 1.39. The highest BCUT2D eigenvalue weighted by atomic mass is 32.2. The third-order valence-electron chi connectivity index (χ3n) is 3.52. The van der Waals surface area contributed by atoms with Crippen molar-refractivity contribution in [2.45, 2.75) is 32.2 Å². The van der Waals surface area contributed by atoms with Gasteiger partial charge >= 0.3 is 0 Å². The Balaban J connectivity index is 2.03. The molecule has 20 heavy (non-hydrogen) atoms. The zero-order valence-electron chi connectivity index (χ0n) is 11.7. The van der Waals surface area contributed by atoms with Crippen LogP contribution in [0.5, 0.6) is 0 Å². The summed E-state index contributed by atoms with van der Waals surface area (Å²) < 4.78 is 24.9. The largest absolute Gasteiger partial charge is 0.349 e. The van der Waals surface area contributed by atoms with E-state index in [0.717, 1.165) is 31.1 Å². The molecule has 5 nitrogen and oxygen atoms in total. The normalized spacial score (nSPS) is 17.1. The Morgan fingerprint density at radius 1 is 1.35 bits per heavy atom. The Hall–Kier alpha value is -1.56. The van der Waals surface area contributed by atoms with Gasteiger partial charge in [-0.25, -0.2) is 8.42 Å². The fraction of sp³-hybridized carbons (Fsp3) is 0.500. The van der Waals surface area contributed by atoms with Crippen LogP contribution in [-0.4, -0.2) is 20.6 Å². The molecule has 0 aliphatic heterocycles. The van der Waals surface area contributed by atoms with Gasteiger partial charge in [-0.2, -0.15) is 0 Å². The highest BCUT2D eigenvalue weighted by Gasteiger charge is 2.26. The number of hydrogen-bond donors (Lipinski definition) is 2. The lowest BCUT2D eigenvalue weighted by Crippen LogP contribution is -2.35. The lowest BCUT2D eigenvalue weighted by molar-refractivity contribution is -0.128. The second kappa shape index (κ2) is 5.83. The number of anilines is 1. The minimum absolute atomic E-state index is 0.0882. The van der Waals surface area contributed by atoms with Crippen LogP contribution in [0.15, 0.2) is 24.3 Å². The number of benzene rings is 1. The minimum Gasteiger partial charge on any atom is -0.349 e. The van der Waals surface area contributed by atoms with Gasteiger partial charge < -0.3 is 5.32 Å². The van der Waals surface area contributed by atoms with Crippen LogP contribution in [0.25, 0.3) is 0 Å². The Labute approximate surface area is 119 Å². The van der Waals surface area contributed by atoms with Crippen molar-refractivity contribution in [1.82, 2.24) is 5.32 Å². The van der Waals surface area contributed by atoms with E-state index >= 15 is 0 Å². The Bertz CT molecular complexity index is 594. The van der Waals surface area contributed by atoms with E-state index in [2.05, 4.69) is 10.0 Å². The summed E-state index contributed by atoms with van der Waals surface area (Å²) in [4.78, 5) is 11.9. The van der Waals surface area contributed by atoms with Gasteiger partial charge in [0.15, 0.2) is 0 Å². The predicted molar refractivity (Wildman–Crippen MR) is 78.8 cm³/mol. The van der Waals surface area contributed by atoms with Crippen LogP contribution >= 0.6 is 0 Å². The van der Waals surface area contributed by atoms with Crippen LogP contribution in [-0.2, 0) is 14.8 Å². The summed E-state index contributed by atoms with van der Waals surface area (Å²) in [7, 11) is -3.29. The third-order valence-corrected chi connectivity index (χ3v) is 4.13. The summed E-state index contributed by atoms with van der Waals surface area (Å²) in [6.45, 7) is 1.90. The summed E-state index contributed by atoms with van der Waals surface area (Å²) >= 11 is 0. The molecule has 1 amide bonds. The summed E-state index contributed by atoms with van der Waals surface area (Å²) in [6.07, 6.45) is 4.17. The maximum absolute atomic E-state index is 11.9. The number of carbonyl (C=O) groups is 1. The van der Waals surface area contributed by atoms with Crippen LogP contribution in [0.3, 0.4) is 0 Å². The van der Waals surface area contributed by atoms with Gasteiger partial charge in [-0.15, -0.1) is 0 Å². The molecule has 110 valence electrons. The van der Waals surface area contributed by atoms with Crippen LogP contribution in [0.4, 0.5) is 5.69 Å². The van der Waals surface area contributed by atoms with E-state index in [0.29, 0.717) is 5.69 Å². The summed E-state index contributed by atoms with van der Waals surface area (Å²) in [5, 5.41) is 2.97. The quantitative estimate of drug-likeness (QED) is 0.873. The fourth-order valence-corrected chi connectivity index (χ4v) is 2.73. The molecule has 0 bridgehead atoms. The van der Waals surface area contributed by atoms with E-state index in [1.54, 1.807) is 18.2 Å². The van der Waals surface area contributed by atoms with Crippen molar-refractivity contribution in [3.05, 3.63) is 29.8 Å². The van der Waals surface area contributed by atoms with E-state index in [9.17, 15) is 13.2 Å². The van der Waals surface area contributed by atoms with Gasteiger partial charge in [-0.1, -0.05) is 18.6 Å². The molecule has 1 aliphatic carbocycles. The molecule has 2 N–H and O–H groups in total. The first-order valence-corrected chi connectivity index (χ1v) is 8.62. The van der Waals surface area contributed by atoms with E-state index < -0.39 is 10.0 Å². The van der Waals surface area contributed by atoms with Crippen LogP contribution in [0.1, 0.15) is 37.8 Å². The minimum atomic E-state index is -3.29. The molecule has 1 aromatic carbocycles. The summed E-state index contributed by atoms with van der Waals surface area (Å²) in [6, 6.07) is 6.94. The van der Waals surface area contributed by atoms with E-state index in [1.165, 1.54) is 0 Å². The molecule has 1 aliphatic rings. The average Bonchev–Trinajstić information content (AvgIpc) is 2.24. The first kappa shape index (κ1) is 14.8. The van der Waals surface area contributed by atoms with Crippen LogP contribution in [0, 0.1) is 5.92 Å². The molecule has 1 fully saturated rings. The van der Waals surface area contributed by atoms with Gasteiger partial charge in [0.25, 0.3) is 0 Å². The first-order valence-electron chi connectivity index (χ1n) is 6.73. The highest BCUT2D eigenvalue weighted by molar-refractivity contribution is 7.92. The molecule has 0 spiro atoms. The fourth-order valence-electron chi connectivity index (χ4n) is 2.17. The lowest BCUT2D eigenvalue weighted by atomic mass is 9.84. The molecular weight excluding hydrogens is 276 g/mol. The van der Waals surface area contributed by atoms with Crippen molar-refractivity contribution in [2.24, 2.45) is 5.92 Å². The molecule has 0 aromatic heterocycles. The smallest absolute Gasteiger partial charge is 0.229 e. The van der Waals surface area contributed by atoms with Gasteiger partial charge in [-0.3, -0.25) is 9.52 Å². The van der Waals surface area contributed by atoms with Crippen molar-refractivity contribution in [2.75, 3.05) is 11.0 Å². The third kappa shape index (κ3) is 3.96. The van der Waals surface area contributed by atoms with Crippen LogP contribution < -0.4 is 10.0 Å². The average molecular weight is 296 g/mol. The standard InChI is InChI=1S/C14H20N2O3S/c1-10(15-14(17)11-5-3-6-11)12-7-4-8-13(9-12)16-20(2,18)19/h4,7-11,16H,3,5-6H2,1-2H3,(H,15,17)/t10-/m0/s1. The molecule has 1 aromatic rings.